The number of hydrogen-bond acceptors (Lipinski definition) is 5. The molecule has 3 N–H and O–H groups in total. The van der Waals surface area contributed by atoms with Crippen molar-refractivity contribution in [2.75, 3.05) is 12.3 Å². The smallest absolute Gasteiger partial charge is 0.254 e. The van der Waals surface area contributed by atoms with Crippen molar-refractivity contribution in [1.82, 2.24) is 15.3 Å². The van der Waals surface area contributed by atoms with E-state index in [2.05, 4.69) is 15.3 Å². The highest BCUT2D eigenvalue weighted by molar-refractivity contribution is 6.30. The zero-order chi connectivity index (χ0) is 19.7. The third-order valence-corrected chi connectivity index (χ3v) is 4.70. The van der Waals surface area contributed by atoms with Gasteiger partial charge in [-0.1, -0.05) is 17.7 Å². The lowest BCUT2D eigenvalue weighted by Gasteiger charge is -2.27. The van der Waals surface area contributed by atoms with Gasteiger partial charge in [-0.3, -0.25) is 4.79 Å². The Labute approximate surface area is 165 Å². The molecule has 4 rings (SSSR count). The van der Waals surface area contributed by atoms with Gasteiger partial charge in [-0.15, -0.1) is 0 Å². The number of nitrogen functional groups attached to an aromatic ring is 1. The molecule has 1 amide bonds. The Morgan fingerprint density at radius 1 is 1.18 bits per heavy atom. The van der Waals surface area contributed by atoms with Gasteiger partial charge in [0.1, 0.15) is 11.6 Å². The van der Waals surface area contributed by atoms with Crippen LogP contribution in [0.2, 0.25) is 5.02 Å². The third-order valence-electron chi connectivity index (χ3n) is 4.48. The summed E-state index contributed by atoms with van der Waals surface area (Å²) in [5, 5.41) is 3.29. The Morgan fingerprint density at radius 3 is 2.71 bits per heavy atom. The van der Waals surface area contributed by atoms with E-state index in [0.29, 0.717) is 34.9 Å². The van der Waals surface area contributed by atoms with Gasteiger partial charge in [0.15, 0.2) is 0 Å². The third kappa shape index (κ3) is 3.75. The monoisotopic (exact) mass is 398 g/mol. The summed E-state index contributed by atoms with van der Waals surface area (Å²) in [5.74, 6) is 0.0597. The van der Waals surface area contributed by atoms with E-state index < -0.39 is 5.82 Å². The molecular formula is C20H16ClFN4O2. The SMILES string of the molecule is Nc1ncc(C(=O)NC2CCOc3ccc(-c4cc(F)cc(Cl)c4)cc32)cn1. The molecule has 1 aliphatic heterocycles. The Bertz CT molecular complexity index is 1020. The Balaban J connectivity index is 1.64. The first-order valence-corrected chi connectivity index (χ1v) is 8.99. The molecule has 1 atom stereocenters. The number of nitrogens with zero attached hydrogens (tertiary/aromatic N) is 2. The highest BCUT2D eigenvalue weighted by Gasteiger charge is 2.24. The van der Waals surface area contributed by atoms with Gasteiger partial charge in [0.25, 0.3) is 5.91 Å². The first-order chi connectivity index (χ1) is 13.5. The molecule has 0 aliphatic carbocycles. The van der Waals surface area contributed by atoms with Crippen LogP contribution >= 0.6 is 11.6 Å². The van der Waals surface area contributed by atoms with Crippen LogP contribution in [0.25, 0.3) is 11.1 Å². The molecule has 28 heavy (non-hydrogen) atoms. The minimum absolute atomic E-state index is 0.103. The van der Waals surface area contributed by atoms with E-state index in [9.17, 15) is 9.18 Å². The average molecular weight is 399 g/mol. The Morgan fingerprint density at radius 2 is 1.96 bits per heavy atom. The molecule has 0 fully saturated rings. The maximum Gasteiger partial charge on any atom is 0.254 e. The summed E-state index contributed by atoms with van der Waals surface area (Å²) in [6.07, 6.45) is 3.36. The van der Waals surface area contributed by atoms with Crippen LogP contribution in [-0.2, 0) is 0 Å². The van der Waals surface area contributed by atoms with Gasteiger partial charge >= 0.3 is 0 Å². The molecule has 6 nitrogen and oxygen atoms in total. The number of nitrogens with one attached hydrogen (secondary N) is 1. The zero-order valence-electron chi connectivity index (χ0n) is 14.7. The summed E-state index contributed by atoms with van der Waals surface area (Å²) in [7, 11) is 0. The summed E-state index contributed by atoms with van der Waals surface area (Å²) < 4.78 is 19.4. The number of carbonyl (C=O) groups is 1. The maximum absolute atomic E-state index is 13.7. The van der Waals surface area contributed by atoms with Crippen molar-refractivity contribution < 1.29 is 13.9 Å². The number of amides is 1. The molecule has 1 aliphatic rings. The van der Waals surface area contributed by atoms with Crippen LogP contribution in [0, 0.1) is 5.82 Å². The predicted octanol–water partition coefficient (Wildman–Crippen LogP) is 3.77. The largest absolute Gasteiger partial charge is 0.493 e. The standard InChI is InChI=1S/C20H16ClFN4O2/c21-14-5-12(6-15(22)8-14)11-1-2-18-16(7-11)17(3-4-28-18)26-19(27)13-9-24-20(23)25-10-13/h1-2,5-10,17H,3-4H2,(H,26,27)(H2,23,24,25). The lowest BCUT2D eigenvalue weighted by molar-refractivity contribution is 0.0924. The molecule has 0 saturated heterocycles. The number of carbonyl (C=O) groups excluding carboxylic acids is 1. The number of hydrogen-bond donors (Lipinski definition) is 2. The topological polar surface area (TPSA) is 90.1 Å². The highest BCUT2D eigenvalue weighted by Crippen LogP contribution is 2.36. The summed E-state index contributed by atoms with van der Waals surface area (Å²) in [4.78, 5) is 20.2. The molecule has 8 heteroatoms. The molecule has 142 valence electrons. The van der Waals surface area contributed by atoms with Crippen molar-refractivity contribution in [2.45, 2.75) is 12.5 Å². The number of aromatic nitrogens is 2. The summed E-state index contributed by atoms with van der Waals surface area (Å²) in [5.41, 5.74) is 8.02. The summed E-state index contributed by atoms with van der Waals surface area (Å²) in [6.45, 7) is 0.474. The lowest BCUT2D eigenvalue weighted by Crippen LogP contribution is -2.32. The van der Waals surface area contributed by atoms with Gasteiger partial charge in [-0.25, -0.2) is 14.4 Å². The van der Waals surface area contributed by atoms with Crippen molar-refractivity contribution in [3.63, 3.8) is 0 Å². The summed E-state index contributed by atoms with van der Waals surface area (Å²) >= 11 is 5.98. The van der Waals surface area contributed by atoms with Crippen molar-refractivity contribution in [2.24, 2.45) is 0 Å². The first kappa shape index (κ1) is 18.2. The quantitative estimate of drug-likeness (QED) is 0.700. The van der Waals surface area contributed by atoms with E-state index in [4.69, 9.17) is 22.1 Å². The van der Waals surface area contributed by atoms with Crippen LogP contribution in [0.5, 0.6) is 5.75 Å². The van der Waals surface area contributed by atoms with Gasteiger partial charge in [-0.2, -0.15) is 0 Å². The fraction of sp³-hybridized carbons (Fsp3) is 0.150. The number of nitrogens with two attached hydrogens (primary N) is 1. The van der Waals surface area contributed by atoms with Crippen LogP contribution in [0.15, 0.2) is 48.8 Å². The molecule has 1 aromatic heterocycles. The van der Waals surface area contributed by atoms with Gasteiger partial charge < -0.3 is 15.8 Å². The van der Waals surface area contributed by atoms with Crippen molar-refractivity contribution in [3.8, 4) is 16.9 Å². The summed E-state index contributed by atoms with van der Waals surface area (Å²) in [6, 6.07) is 9.62. The fourth-order valence-corrected chi connectivity index (χ4v) is 3.36. The molecule has 0 saturated carbocycles. The van der Waals surface area contributed by atoms with Gasteiger partial charge in [0.05, 0.1) is 18.2 Å². The zero-order valence-corrected chi connectivity index (χ0v) is 15.4. The highest BCUT2D eigenvalue weighted by atomic mass is 35.5. The number of benzene rings is 2. The predicted molar refractivity (Wildman–Crippen MR) is 104 cm³/mol. The number of halogens is 2. The molecule has 0 bridgehead atoms. The van der Waals surface area contributed by atoms with Crippen molar-refractivity contribution in [1.29, 1.82) is 0 Å². The van der Waals surface area contributed by atoms with Crippen LogP contribution in [-0.4, -0.2) is 22.5 Å². The van der Waals surface area contributed by atoms with E-state index >= 15 is 0 Å². The normalized spacial score (nSPS) is 15.4. The lowest BCUT2D eigenvalue weighted by atomic mass is 9.95. The fourth-order valence-electron chi connectivity index (χ4n) is 3.14. The number of rotatable bonds is 3. The molecule has 1 unspecified atom stereocenters. The Kier molecular flexibility index (Phi) is 4.83. The van der Waals surface area contributed by atoms with Crippen LogP contribution < -0.4 is 15.8 Å². The number of ether oxygens (including phenoxy) is 1. The second-order valence-electron chi connectivity index (χ2n) is 6.40. The minimum atomic E-state index is -0.412. The van der Waals surface area contributed by atoms with Crippen molar-refractivity contribution >= 4 is 23.5 Å². The van der Waals surface area contributed by atoms with E-state index in [-0.39, 0.29) is 17.9 Å². The van der Waals surface area contributed by atoms with E-state index in [1.54, 1.807) is 6.07 Å². The first-order valence-electron chi connectivity index (χ1n) is 8.61. The van der Waals surface area contributed by atoms with E-state index in [1.165, 1.54) is 24.5 Å². The second kappa shape index (κ2) is 7.44. The molecule has 2 aromatic carbocycles. The molecule has 0 radical (unpaired) electrons. The van der Waals surface area contributed by atoms with Gasteiger partial charge in [-0.05, 0) is 41.5 Å². The number of fused-ring (bicyclic) bond motifs is 1. The van der Waals surface area contributed by atoms with E-state index in [0.717, 1.165) is 11.1 Å². The van der Waals surface area contributed by atoms with Crippen LogP contribution in [0.3, 0.4) is 0 Å². The van der Waals surface area contributed by atoms with Crippen LogP contribution in [0.4, 0.5) is 10.3 Å². The molecule has 0 spiro atoms. The molecule has 3 aromatic rings. The number of anilines is 1. The van der Waals surface area contributed by atoms with Gasteiger partial charge in [0.2, 0.25) is 5.95 Å². The maximum atomic E-state index is 13.7. The average Bonchev–Trinajstić information content (AvgIpc) is 2.67. The second-order valence-corrected chi connectivity index (χ2v) is 6.84. The molecular weight excluding hydrogens is 383 g/mol. The van der Waals surface area contributed by atoms with Gasteiger partial charge in [0, 0.05) is 29.4 Å². The van der Waals surface area contributed by atoms with Crippen molar-refractivity contribution in [3.05, 3.63) is 70.8 Å². The minimum Gasteiger partial charge on any atom is -0.493 e. The van der Waals surface area contributed by atoms with E-state index in [1.807, 2.05) is 18.2 Å². The molecule has 2 heterocycles. The van der Waals surface area contributed by atoms with Crippen LogP contribution in [0.1, 0.15) is 28.4 Å². The Hall–Kier alpha value is -3.19.